The molecule has 1 fully saturated rings. The van der Waals surface area contributed by atoms with Crippen LogP contribution in [0.5, 0.6) is 0 Å². The number of fused-ring (bicyclic) bond motifs is 1. The Hall–Kier alpha value is -1.66. The lowest BCUT2D eigenvalue weighted by Crippen LogP contribution is -2.38. The van der Waals surface area contributed by atoms with E-state index in [0.717, 1.165) is 17.5 Å². The summed E-state index contributed by atoms with van der Waals surface area (Å²) < 4.78 is 0.921. The maximum absolute atomic E-state index is 12.1. The Morgan fingerprint density at radius 2 is 2.37 bits per heavy atom. The minimum absolute atomic E-state index is 0.151. The monoisotopic (exact) mass is 277 g/mol. The summed E-state index contributed by atoms with van der Waals surface area (Å²) in [4.78, 5) is 16.8. The lowest BCUT2D eigenvalue weighted by atomic mass is 9.82. The van der Waals surface area contributed by atoms with Gasteiger partial charge < -0.3 is 16.2 Å². The fourth-order valence-corrected chi connectivity index (χ4v) is 3.30. The number of thiophene rings is 1. The molecule has 5 nitrogen and oxygen atoms in total. The number of carbonyl (C=O) groups excluding carboxylic acids is 1. The summed E-state index contributed by atoms with van der Waals surface area (Å²) in [5.41, 5.74) is 7.10. The maximum Gasteiger partial charge on any atom is 0.263 e. The minimum Gasteiger partial charge on any atom is -0.396 e. The number of nitrogens with two attached hydrogens (primary N) is 1. The molecule has 1 amide bonds. The highest BCUT2D eigenvalue weighted by atomic mass is 32.1. The summed E-state index contributed by atoms with van der Waals surface area (Å²) in [7, 11) is 0. The molecule has 0 spiro atoms. The van der Waals surface area contributed by atoms with Crippen LogP contribution in [0.2, 0.25) is 0 Å². The van der Waals surface area contributed by atoms with Gasteiger partial charge in [-0.2, -0.15) is 0 Å². The molecule has 19 heavy (non-hydrogen) atoms. The number of aliphatic hydroxyl groups excluding tert-OH is 1. The van der Waals surface area contributed by atoms with E-state index in [2.05, 4.69) is 10.3 Å². The fourth-order valence-electron chi connectivity index (χ4n) is 2.30. The quantitative estimate of drug-likeness (QED) is 0.791. The van der Waals surface area contributed by atoms with Crippen LogP contribution in [0.15, 0.2) is 18.3 Å². The van der Waals surface area contributed by atoms with Gasteiger partial charge in [-0.15, -0.1) is 11.3 Å². The SMILES string of the molecule is Nc1c(C(=O)NCC2CC(O)C2)sc2cccnc12. The van der Waals surface area contributed by atoms with Gasteiger partial charge >= 0.3 is 0 Å². The van der Waals surface area contributed by atoms with Crippen LogP contribution >= 0.6 is 11.3 Å². The second-order valence-electron chi connectivity index (χ2n) is 4.90. The summed E-state index contributed by atoms with van der Waals surface area (Å²) in [6, 6.07) is 3.73. The van der Waals surface area contributed by atoms with E-state index in [1.165, 1.54) is 11.3 Å². The summed E-state index contributed by atoms with van der Waals surface area (Å²) in [6.45, 7) is 0.594. The number of aromatic nitrogens is 1. The van der Waals surface area contributed by atoms with Gasteiger partial charge in [0.1, 0.15) is 10.4 Å². The second kappa shape index (κ2) is 4.79. The van der Waals surface area contributed by atoms with Gasteiger partial charge in [0.15, 0.2) is 0 Å². The van der Waals surface area contributed by atoms with Crippen LogP contribution in [0.25, 0.3) is 10.2 Å². The normalized spacial score (nSPS) is 22.2. The first-order chi connectivity index (χ1) is 9.15. The van der Waals surface area contributed by atoms with Crippen molar-refractivity contribution in [3.8, 4) is 0 Å². The van der Waals surface area contributed by atoms with Crippen molar-refractivity contribution in [2.75, 3.05) is 12.3 Å². The number of amides is 1. The molecule has 2 aromatic rings. The first-order valence-corrected chi connectivity index (χ1v) is 7.06. The zero-order valence-corrected chi connectivity index (χ0v) is 11.1. The van der Waals surface area contributed by atoms with E-state index in [1.807, 2.05) is 12.1 Å². The van der Waals surface area contributed by atoms with Gasteiger partial charge in [0.2, 0.25) is 0 Å². The number of pyridine rings is 1. The zero-order chi connectivity index (χ0) is 13.4. The average molecular weight is 277 g/mol. The van der Waals surface area contributed by atoms with Gasteiger partial charge in [0.05, 0.1) is 16.5 Å². The molecular formula is C13H15N3O2S. The molecule has 6 heteroatoms. The van der Waals surface area contributed by atoms with Gasteiger partial charge in [0, 0.05) is 12.7 Å². The van der Waals surface area contributed by atoms with Crippen molar-refractivity contribution in [1.29, 1.82) is 0 Å². The number of anilines is 1. The third-order valence-electron chi connectivity index (χ3n) is 3.45. The van der Waals surface area contributed by atoms with Crippen molar-refractivity contribution < 1.29 is 9.90 Å². The van der Waals surface area contributed by atoms with Crippen molar-refractivity contribution in [3.63, 3.8) is 0 Å². The van der Waals surface area contributed by atoms with Gasteiger partial charge in [0.25, 0.3) is 5.91 Å². The van der Waals surface area contributed by atoms with Gasteiger partial charge in [-0.05, 0) is 30.9 Å². The Morgan fingerprint density at radius 3 is 3.05 bits per heavy atom. The highest BCUT2D eigenvalue weighted by Crippen LogP contribution is 2.32. The predicted octanol–water partition coefficient (Wildman–Crippen LogP) is 1.38. The van der Waals surface area contributed by atoms with E-state index in [9.17, 15) is 9.90 Å². The molecule has 0 saturated heterocycles. The number of hydrogen-bond donors (Lipinski definition) is 3. The smallest absolute Gasteiger partial charge is 0.263 e. The Morgan fingerprint density at radius 1 is 1.58 bits per heavy atom. The van der Waals surface area contributed by atoms with Gasteiger partial charge in [-0.1, -0.05) is 0 Å². The van der Waals surface area contributed by atoms with E-state index in [1.54, 1.807) is 6.20 Å². The molecule has 0 unspecified atom stereocenters. The standard InChI is InChI=1S/C13H15N3O2S/c14-10-11-9(2-1-3-15-11)19-12(10)13(18)16-6-7-4-8(17)5-7/h1-3,7-8,17H,4-6,14H2,(H,16,18). The van der Waals surface area contributed by atoms with Crippen LogP contribution in [-0.4, -0.2) is 28.6 Å². The van der Waals surface area contributed by atoms with E-state index in [-0.39, 0.29) is 12.0 Å². The molecule has 1 aliphatic carbocycles. The molecule has 0 bridgehead atoms. The number of nitrogens with one attached hydrogen (secondary N) is 1. The molecule has 100 valence electrons. The third-order valence-corrected chi connectivity index (χ3v) is 4.61. The average Bonchev–Trinajstić information content (AvgIpc) is 2.71. The molecule has 0 radical (unpaired) electrons. The number of hydrogen-bond acceptors (Lipinski definition) is 5. The summed E-state index contributed by atoms with van der Waals surface area (Å²) in [5.74, 6) is 0.231. The number of carbonyl (C=O) groups is 1. The molecule has 4 N–H and O–H groups in total. The molecule has 1 saturated carbocycles. The number of nitrogen functional groups attached to an aromatic ring is 1. The molecule has 2 heterocycles. The molecule has 0 aliphatic heterocycles. The highest BCUT2D eigenvalue weighted by Gasteiger charge is 2.27. The largest absolute Gasteiger partial charge is 0.396 e. The van der Waals surface area contributed by atoms with E-state index < -0.39 is 0 Å². The maximum atomic E-state index is 12.1. The van der Waals surface area contributed by atoms with Crippen LogP contribution < -0.4 is 11.1 Å². The topological polar surface area (TPSA) is 88.2 Å². The van der Waals surface area contributed by atoms with Crippen LogP contribution in [0.3, 0.4) is 0 Å². The minimum atomic E-state index is -0.194. The molecule has 0 atom stereocenters. The third kappa shape index (κ3) is 2.29. The molecular weight excluding hydrogens is 262 g/mol. The van der Waals surface area contributed by atoms with Gasteiger partial charge in [-0.3, -0.25) is 9.78 Å². The van der Waals surface area contributed by atoms with E-state index in [0.29, 0.717) is 28.5 Å². The van der Waals surface area contributed by atoms with Crippen LogP contribution in [0, 0.1) is 5.92 Å². The van der Waals surface area contributed by atoms with Crippen LogP contribution in [0.1, 0.15) is 22.5 Å². The summed E-state index contributed by atoms with van der Waals surface area (Å²) >= 11 is 1.36. The molecule has 2 aromatic heterocycles. The van der Waals surface area contributed by atoms with Crippen molar-refractivity contribution in [3.05, 3.63) is 23.2 Å². The number of rotatable bonds is 3. The highest BCUT2D eigenvalue weighted by molar-refractivity contribution is 7.21. The fraction of sp³-hybridized carbons (Fsp3) is 0.385. The first-order valence-electron chi connectivity index (χ1n) is 6.24. The van der Waals surface area contributed by atoms with Crippen LogP contribution in [-0.2, 0) is 0 Å². The molecule has 3 rings (SSSR count). The van der Waals surface area contributed by atoms with Crippen molar-refractivity contribution in [2.45, 2.75) is 18.9 Å². The zero-order valence-electron chi connectivity index (χ0n) is 10.3. The van der Waals surface area contributed by atoms with E-state index >= 15 is 0 Å². The summed E-state index contributed by atoms with van der Waals surface area (Å²) in [5, 5.41) is 12.1. The predicted molar refractivity (Wildman–Crippen MR) is 75.1 cm³/mol. The molecule has 0 aromatic carbocycles. The number of aliphatic hydroxyl groups is 1. The Labute approximate surface area is 114 Å². The van der Waals surface area contributed by atoms with Crippen molar-refractivity contribution in [1.82, 2.24) is 10.3 Å². The second-order valence-corrected chi connectivity index (χ2v) is 5.95. The van der Waals surface area contributed by atoms with Crippen LogP contribution in [0.4, 0.5) is 5.69 Å². The van der Waals surface area contributed by atoms with Crippen molar-refractivity contribution in [2.24, 2.45) is 5.92 Å². The summed E-state index contributed by atoms with van der Waals surface area (Å²) in [6.07, 6.45) is 3.01. The van der Waals surface area contributed by atoms with Gasteiger partial charge in [-0.25, -0.2) is 0 Å². The lowest BCUT2D eigenvalue weighted by Gasteiger charge is -2.31. The Kier molecular flexibility index (Phi) is 3.12. The number of nitrogens with zero attached hydrogens (tertiary/aromatic N) is 1. The van der Waals surface area contributed by atoms with E-state index in [4.69, 9.17) is 5.73 Å². The molecule has 1 aliphatic rings. The Balaban J connectivity index is 1.72. The first kappa shape index (κ1) is 12.4. The Bertz CT molecular complexity index is 619. The lowest BCUT2D eigenvalue weighted by molar-refractivity contribution is 0.0420. The van der Waals surface area contributed by atoms with Crippen molar-refractivity contribution >= 4 is 33.1 Å².